The molecule has 19 heavy (non-hydrogen) atoms. The Morgan fingerprint density at radius 1 is 1.32 bits per heavy atom. The lowest BCUT2D eigenvalue weighted by Crippen LogP contribution is -2.09. The highest BCUT2D eigenvalue weighted by Crippen LogP contribution is 2.28. The maximum absolute atomic E-state index is 12.2. The Bertz CT molecular complexity index is 708. The maximum Gasteiger partial charge on any atom is 0.265 e. The SMILES string of the molecule is Cc1nn(C)c2sc(C(=O)Nc3ccccc3)cc12. The Morgan fingerprint density at radius 2 is 2.05 bits per heavy atom. The summed E-state index contributed by atoms with van der Waals surface area (Å²) < 4.78 is 1.81. The van der Waals surface area contributed by atoms with Crippen LogP contribution in [-0.2, 0) is 7.05 Å². The molecule has 4 nitrogen and oxygen atoms in total. The van der Waals surface area contributed by atoms with Gasteiger partial charge in [-0.15, -0.1) is 11.3 Å². The molecule has 5 heteroatoms. The van der Waals surface area contributed by atoms with Crippen LogP contribution in [0, 0.1) is 6.92 Å². The molecule has 0 unspecified atom stereocenters. The number of aromatic nitrogens is 2. The van der Waals surface area contributed by atoms with Crippen LogP contribution < -0.4 is 5.32 Å². The van der Waals surface area contributed by atoms with Crippen LogP contribution in [0.15, 0.2) is 36.4 Å². The summed E-state index contributed by atoms with van der Waals surface area (Å²) in [6, 6.07) is 11.4. The van der Waals surface area contributed by atoms with Gasteiger partial charge in [0.25, 0.3) is 5.91 Å². The fraction of sp³-hybridized carbons (Fsp3) is 0.143. The predicted octanol–water partition coefficient (Wildman–Crippen LogP) is 3.20. The first kappa shape index (κ1) is 11.9. The lowest BCUT2D eigenvalue weighted by Gasteiger charge is -2.02. The molecule has 0 bridgehead atoms. The van der Waals surface area contributed by atoms with Crippen LogP contribution in [0.2, 0.25) is 0 Å². The zero-order chi connectivity index (χ0) is 13.4. The Morgan fingerprint density at radius 3 is 2.74 bits per heavy atom. The minimum atomic E-state index is -0.0770. The third-order valence-electron chi connectivity index (χ3n) is 2.95. The third kappa shape index (κ3) is 2.13. The molecular weight excluding hydrogens is 258 g/mol. The summed E-state index contributed by atoms with van der Waals surface area (Å²) in [5, 5.41) is 8.27. The van der Waals surface area contributed by atoms with E-state index >= 15 is 0 Å². The summed E-state index contributed by atoms with van der Waals surface area (Å²) in [5.41, 5.74) is 1.76. The number of amides is 1. The Labute approximate surface area is 114 Å². The van der Waals surface area contributed by atoms with Crippen LogP contribution in [0.25, 0.3) is 10.2 Å². The average Bonchev–Trinajstić information content (AvgIpc) is 2.94. The number of anilines is 1. The van der Waals surface area contributed by atoms with Crippen molar-refractivity contribution in [3.8, 4) is 0 Å². The van der Waals surface area contributed by atoms with Gasteiger partial charge in [0.1, 0.15) is 4.83 Å². The number of thiophene rings is 1. The summed E-state index contributed by atoms with van der Waals surface area (Å²) >= 11 is 1.46. The zero-order valence-corrected chi connectivity index (χ0v) is 11.5. The van der Waals surface area contributed by atoms with Gasteiger partial charge in [0.05, 0.1) is 10.6 Å². The van der Waals surface area contributed by atoms with E-state index in [0.717, 1.165) is 21.6 Å². The van der Waals surface area contributed by atoms with Gasteiger partial charge in [-0.3, -0.25) is 9.48 Å². The average molecular weight is 271 g/mol. The van der Waals surface area contributed by atoms with Gasteiger partial charge >= 0.3 is 0 Å². The number of benzene rings is 1. The first-order valence-electron chi connectivity index (χ1n) is 5.94. The molecule has 0 aliphatic rings. The number of carbonyl (C=O) groups excluding carboxylic acids is 1. The van der Waals surface area contributed by atoms with Crippen LogP contribution in [0.3, 0.4) is 0 Å². The lowest BCUT2D eigenvalue weighted by molar-refractivity contribution is 0.103. The lowest BCUT2D eigenvalue weighted by atomic mass is 10.3. The first-order valence-corrected chi connectivity index (χ1v) is 6.76. The van der Waals surface area contributed by atoms with Crippen molar-refractivity contribution in [3.63, 3.8) is 0 Å². The van der Waals surface area contributed by atoms with Gasteiger partial charge in [-0.25, -0.2) is 0 Å². The van der Waals surface area contributed by atoms with Gasteiger partial charge in [0.2, 0.25) is 0 Å². The highest BCUT2D eigenvalue weighted by Gasteiger charge is 2.14. The molecule has 0 fully saturated rings. The molecule has 1 aromatic carbocycles. The van der Waals surface area contributed by atoms with Crippen molar-refractivity contribution >= 4 is 33.1 Å². The molecule has 1 N–H and O–H groups in total. The van der Waals surface area contributed by atoms with E-state index in [2.05, 4.69) is 10.4 Å². The standard InChI is InChI=1S/C14H13N3OS/c1-9-11-8-12(19-14(11)17(2)16-9)13(18)15-10-6-4-3-5-7-10/h3-8H,1-2H3,(H,15,18). The molecular formula is C14H13N3OS. The number of fused-ring (bicyclic) bond motifs is 1. The van der Waals surface area contributed by atoms with Gasteiger partial charge < -0.3 is 5.32 Å². The highest BCUT2D eigenvalue weighted by atomic mass is 32.1. The van der Waals surface area contributed by atoms with Crippen molar-refractivity contribution in [2.24, 2.45) is 7.05 Å². The van der Waals surface area contributed by atoms with Crippen molar-refractivity contribution < 1.29 is 4.79 Å². The second-order valence-corrected chi connectivity index (χ2v) is 5.39. The third-order valence-corrected chi connectivity index (χ3v) is 4.15. The van der Waals surface area contributed by atoms with Crippen molar-refractivity contribution in [2.75, 3.05) is 5.32 Å². The van der Waals surface area contributed by atoms with Crippen LogP contribution in [0.1, 0.15) is 15.4 Å². The topological polar surface area (TPSA) is 46.9 Å². The van der Waals surface area contributed by atoms with Gasteiger partial charge in [0, 0.05) is 18.1 Å². The summed E-state index contributed by atoms with van der Waals surface area (Å²) in [7, 11) is 1.89. The highest BCUT2D eigenvalue weighted by molar-refractivity contribution is 7.20. The van der Waals surface area contributed by atoms with Gasteiger partial charge in [-0.05, 0) is 25.1 Å². The molecule has 0 spiro atoms. The van der Waals surface area contributed by atoms with E-state index < -0.39 is 0 Å². The maximum atomic E-state index is 12.2. The molecule has 0 radical (unpaired) electrons. The number of carbonyl (C=O) groups is 1. The zero-order valence-electron chi connectivity index (χ0n) is 10.7. The predicted molar refractivity (Wildman–Crippen MR) is 77.7 cm³/mol. The summed E-state index contributed by atoms with van der Waals surface area (Å²) in [6.45, 7) is 1.95. The first-order chi connectivity index (χ1) is 9.15. The molecule has 96 valence electrons. The van der Waals surface area contributed by atoms with E-state index in [1.54, 1.807) is 0 Å². The number of aryl methyl sites for hydroxylation is 2. The van der Waals surface area contributed by atoms with Crippen molar-refractivity contribution in [3.05, 3.63) is 47.0 Å². The second-order valence-electron chi connectivity index (χ2n) is 4.36. The monoisotopic (exact) mass is 271 g/mol. The van der Waals surface area contributed by atoms with Crippen molar-refractivity contribution in [1.82, 2.24) is 9.78 Å². The van der Waals surface area contributed by atoms with Gasteiger partial charge in [-0.1, -0.05) is 18.2 Å². The largest absolute Gasteiger partial charge is 0.321 e. The van der Waals surface area contributed by atoms with Gasteiger partial charge in [0.15, 0.2) is 0 Å². The molecule has 3 aromatic rings. The van der Waals surface area contributed by atoms with E-state index in [1.807, 2.05) is 55.1 Å². The van der Waals surface area contributed by atoms with Crippen molar-refractivity contribution in [1.29, 1.82) is 0 Å². The molecule has 0 aliphatic heterocycles. The summed E-state index contributed by atoms with van der Waals surface area (Å²) in [6.07, 6.45) is 0. The molecule has 0 aliphatic carbocycles. The molecule has 2 heterocycles. The van der Waals surface area contributed by atoms with E-state index in [1.165, 1.54) is 11.3 Å². The fourth-order valence-electron chi connectivity index (χ4n) is 2.03. The number of hydrogen-bond acceptors (Lipinski definition) is 3. The van der Waals surface area contributed by atoms with Crippen LogP contribution in [0.4, 0.5) is 5.69 Å². The van der Waals surface area contributed by atoms with Crippen LogP contribution >= 0.6 is 11.3 Å². The Balaban J connectivity index is 1.92. The number of rotatable bonds is 2. The summed E-state index contributed by atoms with van der Waals surface area (Å²) in [5.74, 6) is -0.0770. The normalized spacial score (nSPS) is 10.8. The van der Waals surface area contributed by atoms with Crippen LogP contribution in [-0.4, -0.2) is 15.7 Å². The molecule has 2 aromatic heterocycles. The van der Waals surface area contributed by atoms with Crippen LogP contribution in [0.5, 0.6) is 0 Å². The van der Waals surface area contributed by atoms with Crippen molar-refractivity contribution in [2.45, 2.75) is 6.92 Å². The molecule has 1 amide bonds. The second kappa shape index (κ2) is 4.51. The molecule has 3 rings (SSSR count). The number of para-hydroxylation sites is 1. The molecule has 0 saturated carbocycles. The van der Waals surface area contributed by atoms with E-state index in [-0.39, 0.29) is 5.91 Å². The Hall–Kier alpha value is -2.14. The van der Waals surface area contributed by atoms with E-state index in [9.17, 15) is 4.79 Å². The Kier molecular flexibility index (Phi) is 2.83. The minimum absolute atomic E-state index is 0.0770. The molecule has 0 atom stereocenters. The fourth-order valence-corrected chi connectivity index (χ4v) is 3.05. The number of hydrogen-bond donors (Lipinski definition) is 1. The molecule has 0 saturated heterocycles. The smallest absolute Gasteiger partial charge is 0.265 e. The van der Waals surface area contributed by atoms with E-state index in [0.29, 0.717) is 4.88 Å². The quantitative estimate of drug-likeness (QED) is 0.778. The van der Waals surface area contributed by atoms with E-state index in [4.69, 9.17) is 0 Å². The number of nitrogens with zero attached hydrogens (tertiary/aromatic N) is 2. The van der Waals surface area contributed by atoms with Gasteiger partial charge in [-0.2, -0.15) is 5.10 Å². The summed E-state index contributed by atoms with van der Waals surface area (Å²) in [4.78, 5) is 13.9. The number of nitrogens with one attached hydrogen (secondary N) is 1. The minimum Gasteiger partial charge on any atom is -0.321 e.